The summed E-state index contributed by atoms with van der Waals surface area (Å²) in [5.74, 6) is 0.825. The Bertz CT molecular complexity index is 247. The molecule has 1 aliphatic rings. The van der Waals surface area contributed by atoms with Crippen molar-refractivity contribution in [2.75, 3.05) is 19.6 Å². The summed E-state index contributed by atoms with van der Waals surface area (Å²) in [4.78, 5) is 16.0. The zero-order chi connectivity index (χ0) is 10.4. The monoisotopic (exact) mass is 196 g/mol. The third kappa shape index (κ3) is 3.26. The van der Waals surface area contributed by atoms with E-state index in [9.17, 15) is 4.79 Å². The second kappa shape index (κ2) is 5.50. The van der Waals surface area contributed by atoms with E-state index in [2.05, 4.69) is 16.9 Å². The molecule has 5 nitrogen and oxygen atoms in total. The standard InChI is InChI=1S/C9H16N4O/c1-8-2-3-9(14)13(6-4-8)7-5-11-12-10/h8H,2-7H2,1H3. The van der Waals surface area contributed by atoms with Crippen molar-refractivity contribution in [2.24, 2.45) is 11.0 Å². The van der Waals surface area contributed by atoms with Crippen LogP contribution in [0.25, 0.3) is 10.4 Å². The van der Waals surface area contributed by atoms with E-state index in [4.69, 9.17) is 5.53 Å². The first-order chi connectivity index (χ1) is 6.74. The highest BCUT2D eigenvalue weighted by Crippen LogP contribution is 2.16. The molecule has 1 aliphatic heterocycles. The SMILES string of the molecule is CC1CCC(=O)N(CCN=[N+]=[N-])CC1. The lowest BCUT2D eigenvalue weighted by Crippen LogP contribution is -2.32. The van der Waals surface area contributed by atoms with Crippen LogP contribution >= 0.6 is 0 Å². The Labute approximate surface area is 83.7 Å². The van der Waals surface area contributed by atoms with Gasteiger partial charge in [0.1, 0.15) is 0 Å². The fourth-order valence-corrected chi connectivity index (χ4v) is 1.62. The molecule has 78 valence electrons. The summed E-state index contributed by atoms with van der Waals surface area (Å²) in [7, 11) is 0. The van der Waals surface area contributed by atoms with Crippen LogP contribution in [0.15, 0.2) is 5.11 Å². The maximum atomic E-state index is 11.5. The number of hydrogen-bond acceptors (Lipinski definition) is 2. The van der Waals surface area contributed by atoms with E-state index in [-0.39, 0.29) is 5.91 Å². The molecule has 0 bridgehead atoms. The van der Waals surface area contributed by atoms with Gasteiger partial charge in [0.2, 0.25) is 5.91 Å². The Hall–Kier alpha value is -1.22. The Kier molecular flexibility index (Phi) is 4.26. The molecule has 0 N–H and O–H groups in total. The number of azide groups is 1. The number of rotatable bonds is 3. The van der Waals surface area contributed by atoms with Crippen LogP contribution in [0.1, 0.15) is 26.2 Å². The molecule has 1 saturated heterocycles. The molecule has 0 aliphatic carbocycles. The minimum atomic E-state index is 0.197. The van der Waals surface area contributed by atoms with E-state index in [1.54, 1.807) is 4.90 Å². The first-order valence-corrected chi connectivity index (χ1v) is 5.02. The summed E-state index contributed by atoms with van der Waals surface area (Å²) < 4.78 is 0. The fraction of sp³-hybridized carbons (Fsp3) is 0.889. The molecular weight excluding hydrogens is 180 g/mol. The summed E-state index contributed by atoms with van der Waals surface area (Å²) in [6, 6.07) is 0. The molecule has 0 aromatic heterocycles. The maximum Gasteiger partial charge on any atom is 0.222 e. The minimum absolute atomic E-state index is 0.197. The summed E-state index contributed by atoms with van der Waals surface area (Å²) in [5.41, 5.74) is 8.11. The van der Waals surface area contributed by atoms with Crippen molar-refractivity contribution >= 4 is 5.91 Å². The van der Waals surface area contributed by atoms with Gasteiger partial charge >= 0.3 is 0 Å². The van der Waals surface area contributed by atoms with E-state index in [0.717, 1.165) is 19.4 Å². The first kappa shape index (κ1) is 10.9. The third-order valence-electron chi connectivity index (χ3n) is 2.63. The number of carbonyl (C=O) groups excluding carboxylic acids is 1. The number of hydrogen-bond donors (Lipinski definition) is 0. The topological polar surface area (TPSA) is 69.1 Å². The minimum Gasteiger partial charge on any atom is -0.343 e. The van der Waals surface area contributed by atoms with Crippen LogP contribution in [-0.2, 0) is 4.79 Å². The number of nitrogens with zero attached hydrogens (tertiary/aromatic N) is 4. The molecule has 0 aromatic rings. The average Bonchev–Trinajstić information content (AvgIpc) is 2.33. The van der Waals surface area contributed by atoms with Crippen molar-refractivity contribution in [3.63, 3.8) is 0 Å². The van der Waals surface area contributed by atoms with Crippen molar-refractivity contribution in [3.8, 4) is 0 Å². The van der Waals surface area contributed by atoms with Gasteiger partial charge in [-0.05, 0) is 24.3 Å². The van der Waals surface area contributed by atoms with Gasteiger partial charge in [-0.3, -0.25) is 4.79 Å². The van der Waals surface area contributed by atoms with E-state index in [1.807, 2.05) is 0 Å². The molecule has 0 aromatic carbocycles. The van der Waals surface area contributed by atoms with Crippen LogP contribution in [0.4, 0.5) is 0 Å². The molecule has 14 heavy (non-hydrogen) atoms. The highest BCUT2D eigenvalue weighted by molar-refractivity contribution is 5.76. The fourth-order valence-electron chi connectivity index (χ4n) is 1.62. The predicted molar refractivity (Wildman–Crippen MR) is 53.6 cm³/mol. The second-order valence-electron chi connectivity index (χ2n) is 3.77. The van der Waals surface area contributed by atoms with Crippen LogP contribution in [0.3, 0.4) is 0 Å². The molecule has 1 heterocycles. The quantitative estimate of drug-likeness (QED) is 0.386. The van der Waals surface area contributed by atoms with Crippen molar-refractivity contribution in [3.05, 3.63) is 10.4 Å². The molecular formula is C9H16N4O. The first-order valence-electron chi connectivity index (χ1n) is 5.02. The van der Waals surface area contributed by atoms with Gasteiger partial charge < -0.3 is 4.90 Å². The third-order valence-corrected chi connectivity index (χ3v) is 2.63. The van der Waals surface area contributed by atoms with E-state index >= 15 is 0 Å². The van der Waals surface area contributed by atoms with Gasteiger partial charge in [0, 0.05) is 31.0 Å². The number of carbonyl (C=O) groups is 1. The van der Waals surface area contributed by atoms with Crippen molar-refractivity contribution < 1.29 is 4.79 Å². The molecule has 5 heteroatoms. The lowest BCUT2D eigenvalue weighted by atomic mass is 10.0. The van der Waals surface area contributed by atoms with Crippen molar-refractivity contribution in [1.82, 2.24) is 4.90 Å². The van der Waals surface area contributed by atoms with Gasteiger partial charge in [-0.1, -0.05) is 12.0 Å². The van der Waals surface area contributed by atoms with E-state index in [0.29, 0.717) is 25.4 Å². The molecule has 0 spiro atoms. The summed E-state index contributed by atoms with van der Waals surface area (Å²) in [6.07, 6.45) is 2.68. The highest BCUT2D eigenvalue weighted by Gasteiger charge is 2.19. The van der Waals surface area contributed by atoms with Gasteiger partial charge in [-0.2, -0.15) is 0 Å². The summed E-state index contributed by atoms with van der Waals surface area (Å²) in [5, 5.41) is 3.44. The number of amides is 1. The Balaban J connectivity index is 2.41. The average molecular weight is 196 g/mol. The Morgan fingerprint density at radius 3 is 3.14 bits per heavy atom. The lowest BCUT2D eigenvalue weighted by Gasteiger charge is -2.19. The normalized spacial score (nSPS) is 22.8. The van der Waals surface area contributed by atoms with Gasteiger partial charge in [-0.15, -0.1) is 0 Å². The molecule has 1 rings (SSSR count). The summed E-state index contributed by atoms with van der Waals surface area (Å²) in [6.45, 7) is 3.93. The van der Waals surface area contributed by atoms with E-state index in [1.165, 1.54) is 0 Å². The Morgan fingerprint density at radius 2 is 2.43 bits per heavy atom. The molecule has 1 amide bonds. The molecule has 1 fully saturated rings. The highest BCUT2D eigenvalue weighted by atomic mass is 16.2. The van der Waals surface area contributed by atoms with E-state index < -0.39 is 0 Å². The zero-order valence-corrected chi connectivity index (χ0v) is 8.52. The van der Waals surface area contributed by atoms with Crippen LogP contribution in [0.2, 0.25) is 0 Å². The number of likely N-dealkylation sites (tertiary alicyclic amines) is 1. The zero-order valence-electron chi connectivity index (χ0n) is 8.52. The van der Waals surface area contributed by atoms with Crippen LogP contribution < -0.4 is 0 Å². The van der Waals surface area contributed by atoms with Gasteiger partial charge in [0.05, 0.1) is 0 Å². The smallest absolute Gasteiger partial charge is 0.222 e. The van der Waals surface area contributed by atoms with Crippen LogP contribution in [-0.4, -0.2) is 30.4 Å². The molecule has 0 radical (unpaired) electrons. The van der Waals surface area contributed by atoms with Gasteiger partial charge in [0.25, 0.3) is 0 Å². The second-order valence-corrected chi connectivity index (χ2v) is 3.77. The molecule has 0 saturated carbocycles. The van der Waals surface area contributed by atoms with Gasteiger partial charge in [0.15, 0.2) is 0 Å². The molecule has 1 unspecified atom stereocenters. The van der Waals surface area contributed by atoms with Gasteiger partial charge in [-0.25, -0.2) is 0 Å². The maximum absolute atomic E-state index is 11.5. The van der Waals surface area contributed by atoms with Crippen molar-refractivity contribution in [1.29, 1.82) is 0 Å². The van der Waals surface area contributed by atoms with Crippen LogP contribution in [0.5, 0.6) is 0 Å². The van der Waals surface area contributed by atoms with Crippen LogP contribution in [0, 0.1) is 5.92 Å². The lowest BCUT2D eigenvalue weighted by molar-refractivity contribution is -0.130. The molecule has 1 atom stereocenters. The van der Waals surface area contributed by atoms with Crippen molar-refractivity contribution in [2.45, 2.75) is 26.2 Å². The largest absolute Gasteiger partial charge is 0.343 e. The predicted octanol–water partition coefficient (Wildman–Crippen LogP) is 1.95. The summed E-state index contributed by atoms with van der Waals surface area (Å²) >= 11 is 0. The Morgan fingerprint density at radius 1 is 1.64 bits per heavy atom.